The standard InChI is InChI=1S/C16H19BrFN3O2/c1-3-9(4-2)13-7-11(23-21-13)8-20-14-6-10(17)5-12(18)15(14)16(19)22/h5-7,9,20H,3-4,8H2,1-2H3,(H2,19,22). The zero-order chi connectivity index (χ0) is 17.0. The quantitative estimate of drug-likeness (QED) is 0.750. The Kier molecular flexibility index (Phi) is 5.76. The van der Waals surface area contributed by atoms with Crippen molar-refractivity contribution in [2.75, 3.05) is 5.32 Å². The monoisotopic (exact) mass is 383 g/mol. The Bertz CT molecular complexity index is 699. The van der Waals surface area contributed by atoms with Crippen LogP contribution < -0.4 is 11.1 Å². The van der Waals surface area contributed by atoms with Gasteiger partial charge in [0.05, 0.1) is 23.5 Å². The number of carbonyl (C=O) groups is 1. The molecule has 124 valence electrons. The number of primary amides is 1. The molecule has 5 nitrogen and oxygen atoms in total. The first-order valence-electron chi connectivity index (χ1n) is 7.44. The van der Waals surface area contributed by atoms with Crippen LogP contribution in [0.2, 0.25) is 0 Å². The number of nitrogens with one attached hydrogen (secondary N) is 1. The van der Waals surface area contributed by atoms with Gasteiger partial charge in [0.25, 0.3) is 5.91 Å². The van der Waals surface area contributed by atoms with Crippen molar-refractivity contribution in [3.05, 3.63) is 45.5 Å². The van der Waals surface area contributed by atoms with E-state index >= 15 is 0 Å². The Hall–Kier alpha value is -1.89. The molecule has 1 amide bonds. The van der Waals surface area contributed by atoms with Gasteiger partial charge in [0.15, 0.2) is 5.76 Å². The minimum Gasteiger partial charge on any atom is -0.377 e. The number of nitrogens with two attached hydrogens (primary N) is 1. The summed E-state index contributed by atoms with van der Waals surface area (Å²) in [6.45, 7) is 4.48. The van der Waals surface area contributed by atoms with E-state index in [4.69, 9.17) is 10.3 Å². The molecular weight excluding hydrogens is 365 g/mol. The summed E-state index contributed by atoms with van der Waals surface area (Å²) in [6.07, 6.45) is 1.97. The van der Waals surface area contributed by atoms with E-state index in [1.807, 2.05) is 6.07 Å². The molecule has 0 saturated heterocycles. The van der Waals surface area contributed by atoms with Gasteiger partial charge in [0.1, 0.15) is 5.82 Å². The maximum absolute atomic E-state index is 13.9. The lowest BCUT2D eigenvalue weighted by Crippen LogP contribution is -2.16. The van der Waals surface area contributed by atoms with Gasteiger partial charge in [-0.1, -0.05) is 34.9 Å². The fourth-order valence-electron chi connectivity index (χ4n) is 2.46. The lowest BCUT2D eigenvalue weighted by Gasteiger charge is -2.10. The highest BCUT2D eigenvalue weighted by Crippen LogP contribution is 2.26. The predicted octanol–water partition coefficient (Wildman–Crippen LogP) is 4.19. The number of hydrogen-bond acceptors (Lipinski definition) is 4. The Morgan fingerprint density at radius 1 is 1.39 bits per heavy atom. The zero-order valence-electron chi connectivity index (χ0n) is 13.0. The van der Waals surface area contributed by atoms with Crippen LogP contribution in [0.5, 0.6) is 0 Å². The van der Waals surface area contributed by atoms with Gasteiger partial charge >= 0.3 is 0 Å². The highest BCUT2D eigenvalue weighted by molar-refractivity contribution is 9.10. The van der Waals surface area contributed by atoms with Crippen LogP contribution in [-0.2, 0) is 6.54 Å². The van der Waals surface area contributed by atoms with Crippen molar-refractivity contribution in [2.24, 2.45) is 5.73 Å². The summed E-state index contributed by atoms with van der Waals surface area (Å²) in [5, 5.41) is 7.05. The fraction of sp³-hybridized carbons (Fsp3) is 0.375. The smallest absolute Gasteiger partial charge is 0.253 e. The maximum atomic E-state index is 13.9. The van der Waals surface area contributed by atoms with Crippen LogP contribution in [-0.4, -0.2) is 11.1 Å². The molecule has 1 heterocycles. The lowest BCUT2D eigenvalue weighted by molar-refractivity contribution is 0.0997. The second-order valence-electron chi connectivity index (χ2n) is 5.26. The zero-order valence-corrected chi connectivity index (χ0v) is 14.6. The third kappa shape index (κ3) is 4.10. The maximum Gasteiger partial charge on any atom is 0.253 e. The molecule has 0 unspecified atom stereocenters. The molecular formula is C16H19BrFN3O2. The van der Waals surface area contributed by atoms with E-state index in [1.54, 1.807) is 6.07 Å². The molecule has 2 rings (SSSR count). The van der Waals surface area contributed by atoms with E-state index in [0.717, 1.165) is 18.5 Å². The SMILES string of the molecule is CCC(CC)c1cc(CNc2cc(Br)cc(F)c2C(N)=O)on1. The number of rotatable bonds is 7. The molecule has 0 fully saturated rings. The van der Waals surface area contributed by atoms with Crippen LogP contribution in [0.15, 0.2) is 27.2 Å². The van der Waals surface area contributed by atoms with Gasteiger partial charge in [0.2, 0.25) is 0 Å². The second kappa shape index (κ2) is 7.59. The Morgan fingerprint density at radius 2 is 2.09 bits per heavy atom. The van der Waals surface area contributed by atoms with Crippen molar-refractivity contribution >= 4 is 27.5 Å². The minimum absolute atomic E-state index is 0.173. The fourth-order valence-corrected chi connectivity index (χ4v) is 2.89. The van der Waals surface area contributed by atoms with Crippen molar-refractivity contribution in [2.45, 2.75) is 39.2 Å². The first-order chi connectivity index (χ1) is 11.0. The predicted molar refractivity (Wildman–Crippen MR) is 89.8 cm³/mol. The van der Waals surface area contributed by atoms with E-state index in [9.17, 15) is 9.18 Å². The number of anilines is 1. The van der Waals surface area contributed by atoms with Crippen LogP contribution >= 0.6 is 15.9 Å². The molecule has 0 saturated carbocycles. The van der Waals surface area contributed by atoms with Crippen LogP contribution in [0, 0.1) is 5.82 Å². The second-order valence-corrected chi connectivity index (χ2v) is 6.18. The van der Waals surface area contributed by atoms with Gasteiger partial charge in [-0.25, -0.2) is 4.39 Å². The number of carbonyl (C=O) groups excluding carboxylic acids is 1. The van der Waals surface area contributed by atoms with E-state index in [0.29, 0.717) is 21.8 Å². The van der Waals surface area contributed by atoms with E-state index in [-0.39, 0.29) is 12.1 Å². The molecule has 1 aromatic carbocycles. The van der Waals surface area contributed by atoms with Crippen molar-refractivity contribution in [1.82, 2.24) is 5.16 Å². The number of benzene rings is 1. The van der Waals surface area contributed by atoms with E-state index in [2.05, 4.69) is 40.3 Å². The summed E-state index contributed by atoms with van der Waals surface area (Å²) in [4.78, 5) is 11.4. The molecule has 0 atom stereocenters. The minimum atomic E-state index is -0.826. The van der Waals surface area contributed by atoms with E-state index in [1.165, 1.54) is 6.07 Å². The number of amides is 1. The van der Waals surface area contributed by atoms with Crippen molar-refractivity contribution in [1.29, 1.82) is 0 Å². The Balaban J connectivity index is 2.17. The summed E-state index contributed by atoms with van der Waals surface area (Å²) < 4.78 is 19.7. The number of hydrogen-bond donors (Lipinski definition) is 2. The molecule has 2 aromatic rings. The number of nitrogens with zero attached hydrogens (tertiary/aromatic N) is 1. The third-order valence-electron chi connectivity index (χ3n) is 3.74. The van der Waals surface area contributed by atoms with Gasteiger partial charge < -0.3 is 15.6 Å². The van der Waals surface area contributed by atoms with Crippen molar-refractivity contribution < 1.29 is 13.7 Å². The van der Waals surface area contributed by atoms with Crippen molar-refractivity contribution in [3.8, 4) is 0 Å². The summed E-state index contributed by atoms with van der Waals surface area (Å²) in [5.41, 5.74) is 6.29. The van der Waals surface area contributed by atoms with Crippen LogP contribution in [0.4, 0.5) is 10.1 Å². The van der Waals surface area contributed by atoms with Gasteiger partial charge in [-0.15, -0.1) is 0 Å². The van der Waals surface area contributed by atoms with Crippen LogP contribution in [0.25, 0.3) is 0 Å². The molecule has 0 aliphatic rings. The molecule has 7 heteroatoms. The van der Waals surface area contributed by atoms with Gasteiger partial charge in [-0.3, -0.25) is 4.79 Å². The largest absolute Gasteiger partial charge is 0.377 e. The third-order valence-corrected chi connectivity index (χ3v) is 4.19. The van der Waals surface area contributed by atoms with Crippen LogP contribution in [0.3, 0.4) is 0 Å². The summed E-state index contributed by atoms with van der Waals surface area (Å²) in [6, 6.07) is 4.68. The highest BCUT2D eigenvalue weighted by Gasteiger charge is 2.17. The molecule has 0 bridgehead atoms. The molecule has 0 radical (unpaired) electrons. The molecule has 1 aromatic heterocycles. The molecule has 0 aliphatic heterocycles. The Labute approximate surface area is 142 Å². The molecule has 0 aliphatic carbocycles. The normalized spacial score (nSPS) is 11.0. The number of halogens is 2. The highest BCUT2D eigenvalue weighted by atomic mass is 79.9. The molecule has 0 spiro atoms. The van der Waals surface area contributed by atoms with E-state index < -0.39 is 11.7 Å². The summed E-state index contributed by atoms with van der Waals surface area (Å²) >= 11 is 3.20. The molecule has 23 heavy (non-hydrogen) atoms. The average Bonchev–Trinajstić information content (AvgIpc) is 2.94. The molecule has 3 N–H and O–H groups in total. The topological polar surface area (TPSA) is 81.1 Å². The summed E-state index contributed by atoms with van der Waals surface area (Å²) in [5.74, 6) is -0.530. The first kappa shape index (κ1) is 17.5. The lowest BCUT2D eigenvalue weighted by atomic mass is 9.99. The average molecular weight is 384 g/mol. The first-order valence-corrected chi connectivity index (χ1v) is 8.23. The number of aromatic nitrogens is 1. The van der Waals surface area contributed by atoms with Gasteiger partial charge in [0, 0.05) is 16.5 Å². The Morgan fingerprint density at radius 3 is 2.70 bits per heavy atom. The summed E-state index contributed by atoms with van der Waals surface area (Å²) in [7, 11) is 0. The van der Waals surface area contributed by atoms with Crippen molar-refractivity contribution in [3.63, 3.8) is 0 Å². The van der Waals surface area contributed by atoms with Gasteiger partial charge in [-0.2, -0.15) is 0 Å². The van der Waals surface area contributed by atoms with Gasteiger partial charge in [-0.05, 0) is 25.0 Å². The van der Waals surface area contributed by atoms with Crippen LogP contribution in [0.1, 0.15) is 54.4 Å².